The Morgan fingerprint density at radius 3 is 2.70 bits per heavy atom. The molecule has 0 saturated heterocycles. The molecule has 1 aliphatic heterocycles. The van der Waals surface area contributed by atoms with Crippen LogP contribution in [0.25, 0.3) is 0 Å². The number of rotatable bonds is 4. The molecule has 0 atom stereocenters. The molecule has 0 radical (unpaired) electrons. The van der Waals surface area contributed by atoms with Crippen LogP contribution in [0.5, 0.6) is 0 Å². The third-order valence-corrected chi connectivity index (χ3v) is 3.97. The average molecular weight is 276 g/mol. The van der Waals surface area contributed by atoms with E-state index in [2.05, 4.69) is 25.8 Å². The molecule has 20 heavy (non-hydrogen) atoms. The fourth-order valence-corrected chi connectivity index (χ4v) is 2.74. The highest BCUT2D eigenvalue weighted by molar-refractivity contribution is 5.93. The maximum atomic E-state index is 12.5. The lowest BCUT2D eigenvalue weighted by Crippen LogP contribution is -2.36. The molecule has 0 spiro atoms. The third-order valence-electron chi connectivity index (χ3n) is 3.97. The molecular formula is C16H24N2O2. The minimum absolute atomic E-state index is 0.110. The van der Waals surface area contributed by atoms with Crippen molar-refractivity contribution in [3.05, 3.63) is 33.2 Å². The molecular weight excluding hydrogens is 252 g/mol. The van der Waals surface area contributed by atoms with E-state index in [1.54, 1.807) is 0 Å². The van der Waals surface area contributed by atoms with E-state index in [9.17, 15) is 9.59 Å². The van der Waals surface area contributed by atoms with Gasteiger partial charge in [0.2, 0.25) is 0 Å². The van der Waals surface area contributed by atoms with Gasteiger partial charge in [-0.1, -0.05) is 13.8 Å². The van der Waals surface area contributed by atoms with Crippen molar-refractivity contribution in [3.8, 4) is 0 Å². The first-order valence-electron chi connectivity index (χ1n) is 7.35. The maximum Gasteiger partial charge on any atom is 0.261 e. The minimum Gasteiger partial charge on any atom is -0.312 e. The molecule has 1 aromatic rings. The molecule has 0 fully saturated rings. The number of fused-ring (bicyclic) bond motifs is 1. The lowest BCUT2D eigenvalue weighted by Gasteiger charge is -2.28. The maximum absolute atomic E-state index is 12.5. The van der Waals surface area contributed by atoms with Crippen molar-refractivity contribution in [1.82, 2.24) is 9.47 Å². The van der Waals surface area contributed by atoms with Crippen LogP contribution < -0.4 is 5.56 Å². The van der Waals surface area contributed by atoms with E-state index in [0.717, 1.165) is 37.2 Å². The summed E-state index contributed by atoms with van der Waals surface area (Å²) >= 11 is 0. The van der Waals surface area contributed by atoms with Crippen molar-refractivity contribution in [2.45, 2.75) is 46.7 Å². The van der Waals surface area contributed by atoms with Crippen molar-refractivity contribution in [3.63, 3.8) is 0 Å². The second kappa shape index (κ2) is 5.92. The smallest absolute Gasteiger partial charge is 0.261 e. The van der Waals surface area contributed by atoms with Crippen molar-refractivity contribution in [1.29, 1.82) is 0 Å². The van der Waals surface area contributed by atoms with Gasteiger partial charge in [-0.15, -0.1) is 0 Å². The summed E-state index contributed by atoms with van der Waals surface area (Å²) in [5.41, 5.74) is 2.48. The fourth-order valence-electron chi connectivity index (χ4n) is 2.74. The van der Waals surface area contributed by atoms with Crippen LogP contribution in [0.15, 0.2) is 10.9 Å². The Labute approximate surface area is 120 Å². The second-order valence-electron chi connectivity index (χ2n) is 6.21. The highest BCUT2D eigenvalue weighted by Gasteiger charge is 2.21. The van der Waals surface area contributed by atoms with Crippen LogP contribution in [0.3, 0.4) is 0 Å². The predicted molar refractivity (Wildman–Crippen MR) is 80.2 cm³/mol. The van der Waals surface area contributed by atoms with Gasteiger partial charge in [0.1, 0.15) is 0 Å². The van der Waals surface area contributed by atoms with Crippen LogP contribution in [-0.2, 0) is 19.5 Å². The van der Waals surface area contributed by atoms with Gasteiger partial charge in [-0.05, 0) is 37.9 Å². The molecule has 110 valence electrons. The molecule has 1 aromatic heterocycles. The number of hydrogen-bond donors (Lipinski definition) is 0. The molecule has 2 rings (SSSR count). The predicted octanol–water partition coefficient (Wildman–Crippen LogP) is 2.08. The van der Waals surface area contributed by atoms with Crippen molar-refractivity contribution in [2.24, 2.45) is 5.92 Å². The molecule has 0 amide bonds. The van der Waals surface area contributed by atoms with Gasteiger partial charge in [-0.3, -0.25) is 9.59 Å². The van der Waals surface area contributed by atoms with Gasteiger partial charge >= 0.3 is 0 Å². The molecule has 0 saturated carbocycles. The number of pyridine rings is 1. The number of Topliss-reactive ketones (excluding diaryl/α,β-unsaturated/α-hetero) is 1. The summed E-state index contributed by atoms with van der Waals surface area (Å²) in [6.07, 6.45) is 1.85. The molecule has 1 aliphatic rings. The first-order valence-corrected chi connectivity index (χ1v) is 7.35. The van der Waals surface area contributed by atoms with E-state index < -0.39 is 0 Å². The molecule has 0 aromatic carbocycles. The average Bonchev–Trinajstić information content (AvgIpc) is 2.36. The van der Waals surface area contributed by atoms with Crippen LogP contribution in [0.4, 0.5) is 0 Å². The van der Waals surface area contributed by atoms with Gasteiger partial charge in [0, 0.05) is 31.7 Å². The second-order valence-corrected chi connectivity index (χ2v) is 6.21. The van der Waals surface area contributed by atoms with Gasteiger partial charge < -0.3 is 9.47 Å². The Morgan fingerprint density at radius 2 is 2.10 bits per heavy atom. The Balaban J connectivity index is 2.51. The SMILES string of the molecule is CC(=O)c1cc2c(n(CCC(C)C)c1=O)CCN(C)C2. The number of ketones is 1. The van der Waals surface area contributed by atoms with E-state index in [-0.39, 0.29) is 11.3 Å². The molecule has 0 unspecified atom stereocenters. The minimum atomic E-state index is -0.135. The molecule has 0 bridgehead atoms. The van der Waals surface area contributed by atoms with Crippen LogP contribution in [-0.4, -0.2) is 28.8 Å². The number of nitrogens with zero attached hydrogens (tertiary/aromatic N) is 2. The van der Waals surface area contributed by atoms with E-state index in [4.69, 9.17) is 0 Å². The quantitative estimate of drug-likeness (QED) is 0.791. The Bertz CT molecular complexity index is 573. The molecule has 0 N–H and O–H groups in total. The molecule has 4 heteroatoms. The van der Waals surface area contributed by atoms with E-state index in [0.29, 0.717) is 18.0 Å². The summed E-state index contributed by atoms with van der Waals surface area (Å²) in [7, 11) is 2.07. The Kier molecular flexibility index (Phi) is 4.43. The number of carbonyl (C=O) groups excluding carboxylic acids is 1. The molecule has 2 heterocycles. The highest BCUT2D eigenvalue weighted by atomic mass is 16.1. The van der Waals surface area contributed by atoms with Gasteiger partial charge in [0.05, 0.1) is 5.56 Å². The number of aromatic nitrogens is 1. The standard InChI is InChI=1S/C16H24N2O2/c1-11(2)5-8-18-15-6-7-17(4)10-13(15)9-14(12(3)19)16(18)20/h9,11H,5-8,10H2,1-4H3. The van der Waals surface area contributed by atoms with Gasteiger partial charge in [-0.25, -0.2) is 0 Å². The highest BCUT2D eigenvalue weighted by Crippen LogP contribution is 2.19. The zero-order valence-corrected chi connectivity index (χ0v) is 12.9. The zero-order valence-electron chi connectivity index (χ0n) is 12.9. The van der Waals surface area contributed by atoms with Gasteiger partial charge in [0.25, 0.3) is 5.56 Å². The fraction of sp³-hybridized carbons (Fsp3) is 0.625. The zero-order chi connectivity index (χ0) is 14.9. The Morgan fingerprint density at radius 1 is 1.40 bits per heavy atom. The third kappa shape index (κ3) is 3.01. The van der Waals surface area contributed by atoms with E-state index in [1.165, 1.54) is 6.92 Å². The summed E-state index contributed by atoms with van der Waals surface area (Å²) in [5.74, 6) is 0.411. The lowest BCUT2D eigenvalue weighted by molar-refractivity contribution is 0.101. The number of likely N-dealkylation sites (N-methyl/N-ethyl adjacent to an activating group) is 1. The van der Waals surface area contributed by atoms with Crippen LogP contribution in [0.1, 0.15) is 48.8 Å². The summed E-state index contributed by atoms with van der Waals surface area (Å²) in [6, 6.07) is 1.81. The topological polar surface area (TPSA) is 42.3 Å². The largest absolute Gasteiger partial charge is 0.312 e. The Hall–Kier alpha value is -1.42. The normalized spacial score (nSPS) is 15.4. The summed E-state index contributed by atoms with van der Waals surface area (Å²) in [5, 5.41) is 0. The van der Waals surface area contributed by atoms with E-state index in [1.807, 2.05) is 10.6 Å². The van der Waals surface area contributed by atoms with Gasteiger partial charge in [-0.2, -0.15) is 0 Å². The first kappa shape index (κ1) is 15.0. The number of hydrogen-bond acceptors (Lipinski definition) is 3. The van der Waals surface area contributed by atoms with Crippen LogP contribution >= 0.6 is 0 Å². The van der Waals surface area contributed by atoms with E-state index >= 15 is 0 Å². The molecule has 0 aliphatic carbocycles. The lowest BCUT2D eigenvalue weighted by atomic mass is 10.0. The van der Waals surface area contributed by atoms with Crippen LogP contribution in [0, 0.1) is 5.92 Å². The molecule has 4 nitrogen and oxygen atoms in total. The summed E-state index contributed by atoms with van der Waals surface area (Å²) < 4.78 is 1.85. The van der Waals surface area contributed by atoms with Crippen molar-refractivity contribution < 1.29 is 4.79 Å². The van der Waals surface area contributed by atoms with Crippen molar-refractivity contribution in [2.75, 3.05) is 13.6 Å². The van der Waals surface area contributed by atoms with Crippen LogP contribution in [0.2, 0.25) is 0 Å². The number of carbonyl (C=O) groups is 1. The van der Waals surface area contributed by atoms with Crippen molar-refractivity contribution >= 4 is 5.78 Å². The summed E-state index contributed by atoms with van der Waals surface area (Å²) in [4.78, 5) is 26.4. The monoisotopic (exact) mass is 276 g/mol. The summed E-state index contributed by atoms with van der Waals surface area (Å²) in [6.45, 7) is 8.28. The first-order chi connectivity index (χ1) is 9.40. The van der Waals surface area contributed by atoms with Gasteiger partial charge in [0.15, 0.2) is 5.78 Å².